The van der Waals surface area contributed by atoms with Gasteiger partial charge >= 0.3 is 0 Å². The lowest BCUT2D eigenvalue weighted by Gasteiger charge is -2.15. The van der Waals surface area contributed by atoms with Crippen molar-refractivity contribution in [3.63, 3.8) is 0 Å². The zero-order valence-corrected chi connectivity index (χ0v) is 16.6. The number of anilines is 1. The third-order valence-corrected chi connectivity index (χ3v) is 4.83. The van der Waals surface area contributed by atoms with E-state index in [1.165, 1.54) is 4.57 Å². The van der Waals surface area contributed by atoms with Crippen LogP contribution in [0.4, 0.5) is 5.69 Å². The second kappa shape index (κ2) is 8.79. The van der Waals surface area contributed by atoms with Gasteiger partial charge in [0.25, 0.3) is 5.56 Å². The van der Waals surface area contributed by atoms with Gasteiger partial charge in [0.15, 0.2) is 0 Å². The van der Waals surface area contributed by atoms with Gasteiger partial charge in [-0.05, 0) is 31.2 Å². The number of rotatable bonds is 7. The van der Waals surface area contributed by atoms with E-state index in [-0.39, 0.29) is 30.5 Å². The zero-order valence-electron chi connectivity index (χ0n) is 16.6. The molecule has 1 heterocycles. The van der Waals surface area contributed by atoms with E-state index in [0.717, 1.165) is 5.56 Å². The summed E-state index contributed by atoms with van der Waals surface area (Å²) < 4.78 is 12.0. The lowest BCUT2D eigenvalue weighted by Crippen LogP contribution is -2.25. The van der Waals surface area contributed by atoms with Crippen LogP contribution in [-0.2, 0) is 11.2 Å². The van der Waals surface area contributed by atoms with Gasteiger partial charge in [-0.1, -0.05) is 12.1 Å². The fraction of sp³-hybridized carbons (Fsp3) is 0.273. The number of ether oxygens (including phenoxy) is 2. The molecule has 7 heteroatoms. The van der Waals surface area contributed by atoms with Crippen molar-refractivity contribution in [1.29, 1.82) is 0 Å². The summed E-state index contributed by atoms with van der Waals surface area (Å²) in [7, 11) is 3.11. The second-order valence-electron chi connectivity index (χ2n) is 6.73. The van der Waals surface area contributed by atoms with Crippen LogP contribution in [0.1, 0.15) is 18.5 Å². The van der Waals surface area contributed by atoms with E-state index in [1.54, 1.807) is 69.8 Å². The van der Waals surface area contributed by atoms with Gasteiger partial charge in [-0.15, -0.1) is 0 Å². The first-order valence-electron chi connectivity index (χ1n) is 9.24. The van der Waals surface area contributed by atoms with Gasteiger partial charge in [0, 0.05) is 34.3 Å². The molecule has 2 aromatic carbocycles. The maximum Gasteiger partial charge on any atom is 0.258 e. The van der Waals surface area contributed by atoms with Crippen molar-refractivity contribution >= 4 is 22.4 Å². The van der Waals surface area contributed by atoms with Crippen molar-refractivity contribution in [2.75, 3.05) is 26.1 Å². The molecule has 0 aliphatic carbocycles. The summed E-state index contributed by atoms with van der Waals surface area (Å²) in [4.78, 5) is 25.4. The first-order chi connectivity index (χ1) is 14.0. The molecule has 1 amide bonds. The maximum absolute atomic E-state index is 12.7. The fourth-order valence-electron chi connectivity index (χ4n) is 3.20. The van der Waals surface area contributed by atoms with Crippen molar-refractivity contribution in [3.05, 3.63) is 64.6 Å². The van der Waals surface area contributed by atoms with E-state index in [4.69, 9.17) is 9.47 Å². The first-order valence-corrected chi connectivity index (χ1v) is 9.24. The van der Waals surface area contributed by atoms with E-state index in [1.807, 2.05) is 0 Å². The lowest BCUT2D eigenvalue weighted by molar-refractivity contribution is -0.115. The van der Waals surface area contributed by atoms with E-state index in [0.29, 0.717) is 28.0 Å². The molecule has 29 heavy (non-hydrogen) atoms. The van der Waals surface area contributed by atoms with Crippen molar-refractivity contribution in [3.8, 4) is 11.5 Å². The van der Waals surface area contributed by atoms with Crippen molar-refractivity contribution < 1.29 is 19.4 Å². The Balaban J connectivity index is 1.88. The Labute approximate surface area is 168 Å². The number of aliphatic hydroxyl groups excluding tert-OH is 1. The van der Waals surface area contributed by atoms with Crippen LogP contribution in [0, 0.1) is 0 Å². The molecule has 1 aromatic heterocycles. The quantitative estimate of drug-likeness (QED) is 0.641. The number of hydrogen-bond donors (Lipinski definition) is 2. The number of methoxy groups -OCH3 is 2. The highest BCUT2D eigenvalue weighted by Crippen LogP contribution is 2.26. The highest BCUT2D eigenvalue weighted by Gasteiger charge is 2.14. The third kappa shape index (κ3) is 4.25. The van der Waals surface area contributed by atoms with E-state index in [2.05, 4.69) is 5.32 Å². The van der Waals surface area contributed by atoms with Crippen molar-refractivity contribution in [2.45, 2.75) is 19.4 Å². The number of carbonyl (C=O) groups excluding carboxylic acids is 1. The molecule has 0 saturated carbocycles. The smallest absolute Gasteiger partial charge is 0.258 e. The number of nitrogens with one attached hydrogen (secondary N) is 1. The Morgan fingerprint density at radius 2 is 1.93 bits per heavy atom. The van der Waals surface area contributed by atoms with Gasteiger partial charge in [0.2, 0.25) is 5.91 Å². The molecule has 7 nitrogen and oxygen atoms in total. The highest BCUT2D eigenvalue weighted by atomic mass is 16.5. The molecular formula is C22H24N2O5. The fourth-order valence-corrected chi connectivity index (χ4v) is 3.20. The molecule has 3 aromatic rings. The second-order valence-corrected chi connectivity index (χ2v) is 6.73. The SMILES string of the molecule is COc1ccc(CC(=O)Nc2cccc3c(=O)n(C(C)CO)ccc23)c(OC)c1. The van der Waals surface area contributed by atoms with Gasteiger partial charge in [-0.2, -0.15) is 0 Å². The number of amides is 1. The average molecular weight is 396 g/mol. The molecule has 0 fully saturated rings. The minimum atomic E-state index is -0.326. The number of hydrogen-bond acceptors (Lipinski definition) is 5. The van der Waals surface area contributed by atoms with Crippen LogP contribution in [0.2, 0.25) is 0 Å². The summed E-state index contributed by atoms with van der Waals surface area (Å²) in [5, 5.41) is 13.3. The number of pyridine rings is 1. The Morgan fingerprint density at radius 3 is 2.62 bits per heavy atom. The summed E-state index contributed by atoms with van der Waals surface area (Å²) >= 11 is 0. The van der Waals surface area contributed by atoms with Gasteiger partial charge in [-0.25, -0.2) is 0 Å². The van der Waals surface area contributed by atoms with E-state index in [9.17, 15) is 14.7 Å². The Morgan fingerprint density at radius 1 is 1.14 bits per heavy atom. The minimum absolute atomic E-state index is 0.113. The summed E-state index contributed by atoms with van der Waals surface area (Å²) in [6.07, 6.45) is 1.75. The zero-order chi connectivity index (χ0) is 21.0. The predicted octanol–water partition coefficient (Wildman–Crippen LogP) is 2.75. The molecule has 0 saturated heterocycles. The normalized spacial score (nSPS) is 11.9. The largest absolute Gasteiger partial charge is 0.497 e. The molecule has 0 radical (unpaired) electrons. The molecule has 3 rings (SSSR count). The Bertz CT molecular complexity index is 1090. The summed E-state index contributed by atoms with van der Waals surface area (Å²) in [5.74, 6) is 0.987. The van der Waals surface area contributed by atoms with Crippen LogP contribution >= 0.6 is 0 Å². The summed E-state index contributed by atoms with van der Waals surface area (Å²) in [6, 6.07) is 11.9. The molecule has 1 atom stereocenters. The van der Waals surface area contributed by atoms with Crippen LogP contribution in [0.3, 0.4) is 0 Å². The standard InChI is InChI=1S/C22H24N2O5/c1-14(13-25)24-10-9-17-18(22(24)27)5-4-6-19(17)23-21(26)11-15-7-8-16(28-2)12-20(15)29-3/h4-10,12,14,25H,11,13H2,1-3H3,(H,23,26). The molecule has 0 bridgehead atoms. The van der Waals surface area contributed by atoms with Gasteiger partial charge < -0.3 is 24.5 Å². The van der Waals surface area contributed by atoms with Crippen LogP contribution in [0.5, 0.6) is 11.5 Å². The van der Waals surface area contributed by atoms with Gasteiger partial charge in [0.05, 0.1) is 33.3 Å². The van der Waals surface area contributed by atoms with E-state index >= 15 is 0 Å². The molecule has 2 N–H and O–H groups in total. The predicted molar refractivity (Wildman–Crippen MR) is 112 cm³/mol. The number of aliphatic hydroxyl groups is 1. The summed E-state index contributed by atoms with van der Waals surface area (Å²) in [6.45, 7) is 1.63. The maximum atomic E-state index is 12.7. The van der Waals surface area contributed by atoms with Crippen LogP contribution in [0.25, 0.3) is 10.8 Å². The number of nitrogens with zero attached hydrogens (tertiary/aromatic N) is 1. The van der Waals surface area contributed by atoms with Gasteiger partial charge in [0.1, 0.15) is 11.5 Å². The van der Waals surface area contributed by atoms with Crippen molar-refractivity contribution in [1.82, 2.24) is 4.57 Å². The van der Waals surface area contributed by atoms with E-state index < -0.39 is 0 Å². The van der Waals surface area contributed by atoms with Crippen LogP contribution in [0.15, 0.2) is 53.5 Å². The molecule has 1 unspecified atom stereocenters. The molecule has 0 aliphatic rings. The number of fused-ring (bicyclic) bond motifs is 1. The molecule has 152 valence electrons. The highest BCUT2D eigenvalue weighted by molar-refractivity contribution is 6.02. The lowest BCUT2D eigenvalue weighted by atomic mass is 10.1. The van der Waals surface area contributed by atoms with Crippen LogP contribution < -0.4 is 20.3 Å². The topological polar surface area (TPSA) is 89.8 Å². The van der Waals surface area contributed by atoms with Crippen LogP contribution in [-0.4, -0.2) is 36.4 Å². The number of benzene rings is 2. The molecular weight excluding hydrogens is 372 g/mol. The Kier molecular flexibility index (Phi) is 6.19. The number of carbonyl (C=O) groups is 1. The third-order valence-electron chi connectivity index (χ3n) is 4.83. The Hall–Kier alpha value is -3.32. The minimum Gasteiger partial charge on any atom is -0.497 e. The first kappa shape index (κ1) is 20.4. The molecule has 0 aliphatic heterocycles. The summed E-state index contributed by atoms with van der Waals surface area (Å²) in [5.41, 5.74) is 1.07. The monoisotopic (exact) mass is 396 g/mol. The van der Waals surface area contributed by atoms with Gasteiger partial charge in [-0.3, -0.25) is 9.59 Å². The number of aromatic nitrogens is 1. The average Bonchev–Trinajstić information content (AvgIpc) is 2.74. The molecule has 0 spiro atoms. The van der Waals surface area contributed by atoms with Crippen molar-refractivity contribution in [2.24, 2.45) is 0 Å².